The number of nitrogens with one attached hydrogen (secondary N) is 1. The van der Waals surface area contributed by atoms with Gasteiger partial charge in [0.1, 0.15) is 5.82 Å². The summed E-state index contributed by atoms with van der Waals surface area (Å²) in [4.78, 5) is 0. The maximum atomic E-state index is 13.4. The molecule has 1 unspecified atom stereocenters. The first-order valence-corrected chi connectivity index (χ1v) is 6.74. The smallest absolute Gasteiger partial charge is 0.126 e. The number of ether oxygens (including phenoxy) is 1. The highest BCUT2D eigenvalue weighted by Gasteiger charge is 2.20. The molecular weight excluding hydrogens is 229 g/mol. The summed E-state index contributed by atoms with van der Waals surface area (Å²) in [5, 5.41) is 3.35. The average Bonchev–Trinajstić information content (AvgIpc) is 3.16. The Morgan fingerprint density at radius 1 is 1.44 bits per heavy atom. The molecule has 1 saturated carbocycles. The van der Waals surface area contributed by atoms with Crippen molar-refractivity contribution >= 4 is 0 Å². The second-order valence-corrected chi connectivity index (χ2v) is 5.20. The summed E-state index contributed by atoms with van der Waals surface area (Å²) >= 11 is 0. The number of halogens is 1. The molecule has 1 N–H and O–H groups in total. The minimum Gasteiger partial charge on any atom is -0.380 e. The largest absolute Gasteiger partial charge is 0.380 e. The van der Waals surface area contributed by atoms with E-state index in [1.54, 1.807) is 13.0 Å². The van der Waals surface area contributed by atoms with Crippen molar-refractivity contribution in [3.8, 4) is 0 Å². The van der Waals surface area contributed by atoms with Gasteiger partial charge in [-0.1, -0.05) is 12.1 Å². The summed E-state index contributed by atoms with van der Waals surface area (Å²) in [7, 11) is 0. The molecule has 0 saturated heterocycles. The Morgan fingerprint density at radius 2 is 2.22 bits per heavy atom. The Morgan fingerprint density at radius 3 is 2.89 bits per heavy atom. The molecule has 0 spiro atoms. The molecule has 0 heterocycles. The molecule has 0 radical (unpaired) electrons. The predicted octanol–water partition coefficient (Wildman–Crippen LogP) is 3.21. The van der Waals surface area contributed by atoms with Gasteiger partial charge in [-0.3, -0.25) is 0 Å². The lowest BCUT2D eigenvalue weighted by Gasteiger charge is -2.15. The molecule has 3 heteroatoms. The maximum absolute atomic E-state index is 13.4. The summed E-state index contributed by atoms with van der Waals surface area (Å²) in [5.41, 5.74) is 1.68. The second kappa shape index (κ2) is 6.30. The standard InChI is InChI=1S/C15H22FNO/c1-11-3-6-14(9-15(11)16)12(2)17-7-8-18-10-13-4-5-13/h3,6,9,12-13,17H,4-5,7-8,10H2,1-2H3. The Bertz CT molecular complexity index is 390. The van der Waals surface area contributed by atoms with Gasteiger partial charge in [0.05, 0.1) is 6.61 Å². The number of hydrogen-bond acceptors (Lipinski definition) is 2. The number of rotatable bonds is 7. The van der Waals surface area contributed by atoms with Crippen LogP contribution in [0.1, 0.15) is 36.9 Å². The van der Waals surface area contributed by atoms with Crippen LogP contribution in [-0.2, 0) is 4.74 Å². The molecule has 2 rings (SSSR count). The van der Waals surface area contributed by atoms with Crippen molar-refractivity contribution in [1.82, 2.24) is 5.32 Å². The fourth-order valence-corrected chi connectivity index (χ4v) is 1.88. The Balaban J connectivity index is 1.69. The fourth-order valence-electron chi connectivity index (χ4n) is 1.88. The van der Waals surface area contributed by atoms with Crippen LogP contribution in [0.5, 0.6) is 0 Å². The molecule has 100 valence electrons. The highest BCUT2D eigenvalue weighted by Crippen LogP contribution is 2.28. The molecule has 0 aromatic heterocycles. The van der Waals surface area contributed by atoms with E-state index in [9.17, 15) is 4.39 Å². The first-order valence-electron chi connectivity index (χ1n) is 6.74. The van der Waals surface area contributed by atoms with E-state index in [2.05, 4.69) is 5.32 Å². The van der Waals surface area contributed by atoms with Gasteiger partial charge in [0.2, 0.25) is 0 Å². The van der Waals surface area contributed by atoms with Crippen molar-refractivity contribution in [2.45, 2.75) is 32.7 Å². The first-order chi connectivity index (χ1) is 8.66. The Hall–Kier alpha value is -0.930. The molecule has 18 heavy (non-hydrogen) atoms. The fraction of sp³-hybridized carbons (Fsp3) is 0.600. The lowest BCUT2D eigenvalue weighted by molar-refractivity contribution is 0.124. The zero-order valence-electron chi connectivity index (χ0n) is 11.2. The molecule has 0 amide bonds. The van der Waals surface area contributed by atoms with E-state index >= 15 is 0 Å². The lowest BCUT2D eigenvalue weighted by Crippen LogP contribution is -2.23. The molecule has 0 bridgehead atoms. The van der Waals surface area contributed by atoms with E-state index in [-0.39, 0.29) is 11.9 Å². The summed E-state index contributed by atoms with van der Waals surface area (Å²) in [6.07, 6.45) is 2.65. The Labute approximate surface area is 109 Å². The molecule has 1 aliphatic rings. The van der Waals surface area contributed by atoms with E-state index in [0.29, 0.717) is 5.56 Å². The van der Waals surface area contributed by atoms with Crippen LogP contribution in [0, 0.1) is 18.7 Å². The van der Waals surface area contributed by atoms with Crippen molar-refractivity contribution in [2.75, 3.05) is 19.8 Å². The molecule has 1 aromatic rings. The quantitative estimate of drug-likeness (QED) is 0.751. The molecule has 1 fully saturated rings. The minimum absolute atomic E-state index is 0.133. The highest BCUT2D eigenvalue weighted by molar-refractivity contribution is 5.25. The van der Waals surface area contributed by atoms with Crippen LogP contribution in [0.3, 0.4) is 0 Å². The molecular formula is C15H22FNO. The first kappa shape index (κ1) is 13.5. The third-order valence-corrected chi connectivity index (χ3v) is 3.44. The van der Waals surface area contributed by atoms with Gasteiger partial charge < -0.3 is 10.1 Å². The van der Waals surface area contributed by atoms with E-state index in [4.69, 9.17) is 4.74 Å². The van der Waals surface area contributed by atoms with Crippen molar-refractivity contribution in [3.05, 3.63) is 35.1 Å². The monoisotopic (exact) mass is 251 g/mol. The predicted molar refractivity (Wildman–Crippen MR) is 71.1 cm³/mol. The van der Waals surface area contributed by atoms with Crippen molar-refractivity contribution in [2.24, 2.45) is 5.92 Å². The van der Waals surface area contributed by atoms with Crippen molar-refractivity contribution in [1.29, 1.82) is 0 Å². The van der Waals surface area contributed by atoms with Gasteiger partial charge in [0, 0.05) is 19.2 Å². The van der Waals surface area contributed by atoms with Gasteiger partial charge in [-0.2, -0.15) is 0 Å². The highest BCUT2D eigenvalue weighted by atomic mass is 19.1. The topological polar surface area (TPSA) is 21.3 Å². The van der Waals surface area contributed by atoms with E-state index in [1.807, 2.05) is 19.1 Å². The van der Waals surface area contributed by atoms with Crippen LogP contribution in [-0.4, -0.2) is 19.8 Å². The number of aryl methyl sites for hydroxylation is 1. The lowest BCUT2D eigenvalue weighted by atomic mass is 10.1. The summed E-state index contributed by atoms with van der Waals surface area (Å²) in [5.74, 6) is 0.680. The van der Waals surface area contributed by atoms with E-state index < -0.39 is 0 Å². The van der Waals surface area contributed by atoms with Gasteiger partial charge >= 0.3 is 0 Å². The van der Waals surface area contributed by atoms with Crippen molar-refractivity contribution in [3.63, 3.8) is 0 Å². The van der Waals surface area contributed by atoms with Crippen LogP contribution >= 0.6 is 0 Å². The summed E-state index contributed by atoms with van der Waals surface area (Å²) in [6, 6.07) is 5.57. The van der Waals surface area contributed by atoms with Crippen LogP contribution in [0.2, 0.25) is 0 Å². The third kappa shape index (κ3) is 4.07. The van der Waals surface area contributed by atoms with Crippen LogP contribution in [0.4, 0.5) is 4.39 Å². The van der Waals surface area contributed by atoms with Gasteiger partial charge in [-0.15, -0.1) is 0 Å². The van der Waals surface area contributed by atoms with Gasteiger partial charge in [-0.25, -0.2) is 4.39 Å². The SMILES string of the molecule is Cc1ccc(C(C)NCCOCC2CC2)cc1F. The van der Waals surface area contributed by atoms with Crippen LogP contribution in [0.15, 0.2) is 18.2 Å². The Kier molecular flexibility index (Phi) is 4.72. The normalized spacial score (nSPS) is 16.8. The molecule has 1 atom stereocenters. The van der Waals surface area contributed by atoms with Gasteiger partial charge in [0.15, 0.2) is 0 Å². The van der Waals surface area contributed by atoms with E-state index in [0.717, 1.165) is 31.2 Å². The second-order valence-electron chi connectivity index (χ2n) is 5.20. The zero-order chi connectivity index (χ0) is 13.0. The average molecular weight is 251 g/mol. The number of hydrogen-bond donors (Lipinski definition) is 1. The molecule has 2 nitrogen and oxygen atoms in total. The summed E-state index contributed by atoms with van der Waals surface area (Å²) < 4.78 is 19.0. The number of benzene rings is 1. The zero-order valence-corrected chi connectivity index (χ0v) is 11.2. The minimum atomic E-state index is -0.133. The van der Waals surface area contributed by atoms with Crippen LogP contribution in [0.25, 0.3) is 0 Å². The van der Waals surface area contributed by atoms with E-state index in [1.165, 1.54) is 12.8 Å². The molecule has 0 aliphatic heterocycles. The summed E-state index contributed by atoms with van der Waals surface area (Å²) in [6.45, 7) is 6.27. The third-order valence-electron chi connectivity index (χ3n) is 3.44. The molecule has 1 aliphatic carbocycles. The van der Waals surface area contributed by atoms with Gasteiger partial charge in [-0.05, 0) is 49.8 Å². The van der Waals surface area contributed by atoms with Crippen LogP contribution < -0.4 is 5.32 Å². The van der Waals surface area contributed by atoms with Crippen molar-refractivity contribution < 1.29 is 9.13 Å². The maximum Gasteiger partial charge on any atom is 0.126 e. The van der Waals surface area contributed by atoms with Gasteiger partial charge in [0.25, 0.3) is 0 Å². The molecule has 1 aromatic carbocycles.